The number of halogens is 9. The van der Waals surface area contributed by atoms with Crippen molar-refractivity contribution < 1.29 is 52.1 Å². The van der Waals surface area contributed by atoms with E-state index in [0.717, 1.165) is 12.1 Å². The maximum Gasteiger partial charge on any atom is 0.460 e. The Hall–Kier alpha value is -4.73. The molecule has 0 fully saturated rings. The number of aromatic nitrogens is 3. The molecule has 0 spiro atoms. The third-order valence-electron chi connectivity index (χ3n) is 6.49. The summed E-state index contributed by atoms with van der Waals surface area (Å²) < 4.78 is 152. The normalized spacial score (nSPS) is 13.2. The van der Waals surface area contributed by atoms with Gasteiger partial charge in [0.2, 0.25) is 0 Å². The van der Waals surface area contributed by atoms with Gasteiger partial charge in [-0.1, -0.05) is 42.5 Å². The first-order valence-electron chi connectivity index (χ1n) is 12.5. The van der Waals surface area contributed by atoms with Gasteiger partial charge in [-0.05, 0) is 58.8 Å². The van der Waals surface area contributed by atoms with E-state index in [2.05, 4.69) is 19.1 Å². The molecule has 0 saturated heterocycles. The molecule has 3 heterocycles. The summed E-state index contributed by atoms with van der Waals surface area (Å²) in [5.74, 6) is -16.0. The minimum Gasteiger partial charge on any atom is -0.377 e. The van der Waals surface area contributed by atoms with Crippen LogP contribution in [0.1, 0.15) is 0 Å². The Morgan fingerprint density at radius 3 is 1.64 bits per heavy atom. The van der Waals surface area contributed by atoms with Crippen LogP contribution in [-0.2, 0) is 10.1 Å². The van der Waals surface area contributed by atoms with Gasteiger partial charge in [-0.3, -0.25) is 9.97 Å². The third-order valence-corrected chi connectivity index (χ3v) is 7.77. The fraction of sp³-hybridized carbons (Fsp3) is 0.138. The van der Waals surface area contributed by atoms with Gasteiger partial charge in [-0.2, -0.15) is 47.9 Å². The molecule has 0 bridgehead atoms. The zero-order valence-electron chi connectivity index (χ0n) is 22.1. The third kappa shape index (κ3) is 5.43. The van der Waals surface area contributed by atoms with Crippen LogP contribution >= 0.6 is 0 Å². The highest BCUT2D eigenvalue weighted by atomic mass is 32.2. The van der Waals surface area contributed by atoms with Crippen LogP contribution in [0.25, 0.3) is 44.7 Å². The van der Waals surface area contributed by atoms with Gasteiger partial charge in [-0.25, -0.2) is 4.98 Å². The van der Waals surface area contributed by atoms with Gasteiger partial charge < -0.3 is 4.18 Å². The van der Waals surface area contributed by atoms with Gasteiger partial charge in [0.15, 0.2) is 5.75 Å². The van der Waals surface area contributed by atoms with Crippen LogP contribution in [0.4, 0.5) is 39.5 Å². The molecule has 3 aromatic heterocycles. The predicted octanol–water partition coefficient (Wildman–Crippen LogP) is 8.16. The van der Waals surface area contributed by atoms with Gasteiger partial charge in [-0.15, -0.1) is 0 Å². The van der Waals surface area contributed by atoms with E-state index in [-0.39, 0.29) is 39.3 Å². The minimum atomic E-state index is -7.47. The molecule has 0 N–H and O–H groups in total. The lowest BCUT2D eigenvalue weighted by Gasteiger charge is -2.32. The van der Waals surface area contributed by atoms with Gasteiger partial charge >= 0.3 is 33.4 Å². The molecule has 0 aliphatic rings. The average Bonchev–Trinajstić information content (AvgIpc) is 3.00. The number of fused-ring (bicyclic) bond motifs is 1. The van der Waals surface area contributed by atoms with E-state index >= 15 is 0 Å². The highest BCUT2D eigenvalue weighted by Crippen LogP contribution is 2.55. The summed E-state index contributed by atoms with van der Waals surface area (Å²) >= 11 is 0. The summed E-state index contributed by atoms with van der Waals surface area (Å²) in [4.78, 5) is 12.9. The smallest absolute Gasteiger partial charge is 0.377 e. The number of hydrogen-bond donors (Lipinski definition) is 0. The number of hydrogen-bond acceptors (Lipinski definition) is 6. The van der Waals surface area contributed by atoms with Crippen molar-refractivity contribution in [3.8, 4) is 39.7 Å². The summed E-state index contributed by atoms with van der Waals surface area (Å²) in [6.07, 6.45) is -4.37. The van der Waals surface area contributed by atoms with Crippen LogP contribution < -0.4 is 4.18 Å². The van der Waals surface area contributed by atoms with Crippen LogP contribution in [0.5, 0.6) is 5.75 Å². The van der Waals surface area contributed by atoms with Crippen LogP contribution in [0, 0.1) is 0 Å². The van der Waals surface area contributed by atoms with E-state index in [1.807, 2.05) is 0 Å². The Labute approximate surface area is 248 Å². The van der Waals surface area contributed by atoms with Crippen molar-refractivity contribution in [2.24, 2.45) is 0 Å². The lowest BCUT2D eigenvalue weighted by Crippen LogP contribution is -2.63. The second kappa shape index (κ2) is 11.0. The minimum absolute atomic E-state index is 0.0102. The van der Waals surface area contributed by atoms with Gasteiger partial charge in [0.25, 0.3) is 0 Å². The number of benzene rings is 2. The molecule has 5 aromatic rings. The van der Waals surface area contributed by atoms with Crippen LogP contribution in [-0.4, -0.2) is 46.6 Å². The molecule has 234 valence electrons. The molecule has 45 heavy (non-hydrogen) atoms. The second-order valence-electron chi connectivity index (χ2n) is 9.42. The largest absolute Gasteiger partial charge is 0.460 e. The fourth-order valence-corrected chi connectivity index (χ4v) is 5.20. The zero-order valence-corrected chi connectivity index (χ0v) is 22.9. The predicted molar refractivity (Wildman–Crippen MR) is 144 cm³/mol. The standard InChI is InChI=1S/C29H16F9N3O3S/c30-26(31,28(34,35)36)27(32,33)29(37,38)45(42,43)44-24-12-11-17-7-1-2-8-19(17)25(24)18-15-22(20-9-3-5-13-39-20)41-23(16-18)21-10-4-6-14-40-21/h1-16H. The van der Waals surface area contributed by atoms with E-state index in [4.69, 9.17) is 0 Å². The molecule has 0 amide bonds. The highest BCUT2D eigenvalue weighted by Gasteiger charge is 2.86. The first kappa shape index (κ1) is 31.7. The quantitative estimate of drug-likeness (QED) is 0.124. The number of alkyl halides is 9. The van der Waals surface area contributed by atoms with Gasteiger partial charge in [0.05, 0.1) is 22.8 Å². The Morgan fingerprint density at radius 1 is 0.600 bits per heavy atom. The fourth-order valence-electron chi connectivity index (χ4n) is 4.27. The molecular weight excluding hydrogens is 641 g/mol. The SMILES string of the molecule is O=S(=O)(Oc1ccc2ccccc2c1-c1cc(-c2ccccn2)nc(-c2ccccn2)c1)C(F)(F)C(F)(F)C(F)(F)C(F)(F)F. The first-order chi connectivity index (χ1) is 21.0. The van der Waals surface area contributed by atoms with E-state index < -0.39 is 39.1 Å². The van der Waals surface area contributed by atoms with E-state index in [0.29, 0.717) is 5.39 Å². The average molecular weight is 658 g/mol. The van der Waals surface area contributed by atoms with Crippen molar-refractivity contribution in [1.82, 2.24) is 15.0 Å². The maximum absolute atomic E-state index is 14.6. The topological polar surface area (TPSA) is 82.0 Å². The van der Waals surface area contributed by atoms with Crippen molar-refractivity contribution in [3.05, 3.63) is 97.3 Å². The van der Waals surface area contributed by atoms with E-state index in [1.165, 1.54) is 42.7 Å². The summed E-state index contributed by atoms with van der Waals surface area (Å²) in [6.45, 7) is 0. The summed E-state index contributed by atoms with van der Waals surface area (Å²) in [6, 6.07) is 20.1. The molecule has 5 rings (SSSR count). The van der Waals surface area contributed by atoms with Crippen LogP contribution in [0.3, 0.4) is 0 Å². The molecule has 16 heteroatoms. The van der Waals surface area contributed by atoms with Crippen LogP contribution in [0.15, 0.2) is 97.3 Å². The molecule has 0 atom stereocenters. The molecule has 0 unspecified atom stereocenters. The lowest BCUT2D eigenvalue weighted by atomic mass is 9.96. The Bertz CT molecular complexity index is 1920. The zero-order chi connectivity index (χ0) is 32.8. The summed E-state index contributed by atoms with van der Waals surface area (Å²) in [5, 5.41) is -6.60. The molecule has 2 aromatic carbocycles. The van der Waals surface area contributed by atoms with Crippen molar-refractivity contribution >= 4 is 20.9 Å². The summed E-state index contributed by atoms with van der Waals surface area (Å²) in [7, 11) is -7.24. The van der Waals surface area contributed by atoms with Crippen LogP contribution in [0.2, 0.25) is 0 Å². The number of pyridine rings is 3. The highest BCUT2D eigenvalue weighted by molar-refractivity contribution is 7.88. The Balaban J connectivity index is 1.74. The van der Waals surface area contributed by atoms with Crippen molar-refractivity contribution in [2.45, 2.75) is 23.3 Å². The Kier molecular flexibility index (Phi) is 7.75. The first-order valence-corrected chi connectivity index (χ1v) is 13.9. The molecular formula is C29H16F9N3O3S. The van der Waals surface area contributed by atoms with Crippen molar-refractivity contribution in [3.63, 3.8) is 0 Å². The summed E-state index contributed by atoms with van der Waals surface area (Å²) in [5.41, 5.74) is 0.535. The number of rotatable bonds is 8. The molecule has 6 nitrogen and oxygen atoms in total. The maximum atomic E-state index is 14.6. The molecule has 0 radical (unpaired) electrons. The van der Waals surface area contributed by atoms with Gasteiger partial charge in [0, 0.05) is 18.0 Å². The Morgan fingerprint density at radius 2 is 1.13 bits per heavy atom. The molecule has 0 aliphatic carbocycles. The van der Waals surface area contributed by atoms with E-state index in [1.54, 1.807) is 42.5 Å². The van der Waals surface area contributed by atoms with Crippen molar-refractivity contribution in [1.29, 1.82) is 0 Å². The van der Waals surface area contributed by atoms with E-state index in [9.17, 15) is 47.9 Å². The monoisotopic (exact) mass is 657 g/mol. The molecule has 0 aliphatic heterocycles. The lowest BCUT2D eigenvalue weighted by molar-refractivity contribution is -0.382. The van der Waals surface area contributed by atoms with Crippen molar-refractivity contribution in [2.75, 3.05) is 0 Å². The van der Waals surface area contributed by atoms with Gasteiger partial charge in [0.1, 0.15) is 0 Å². The second-order valence-corrected chi connectivity index (χ2v) is 11.0. The molecule has 0 saturated carbocycles. The number of nitrogens with zero attached hydrogens (tertiary/aromatic N) is 3.